The molecule has 3 nitrogen and oxygen atoms in total. The molecule has 0 radical (unpaired) electrons. The molecule has 3 heteroatoms. The smallest absolute Gasteiger partial charge is 0.249 e. The van der Waals surface area contributed by atoms with Gasteiger partial charge in [0.25, 0.3) is 0 Å². The fourth-order valence-electron chi connectivity index (χ4n) is 0.675. The number of H-pyrrole nitrogens is 1. The summed E-state index contributed by atoms with van der Waals surface area (Å²) in [6.45, 7) is 0.312. The fraction of sp³-hybridized carbons (Fsp3) is 0.125. The van der Waals surface area contributed by atoms with E-state index in [2.05, 4.69) is 16.8 Å². The van der Waals surface area contributed by atoms with Crippen LogP contribution in [-0.4, -0.2) is 11.5 Å². The number of hydrogen-bond donors (Lipinski definition) is 2. The SMILES string of the molecule is NCC#Cc1cc[nH]c(=O)c1. The normalized spacial score (nSPS) is 8.45. The number of hydrogen-bond acceptors (Lipinski definition) is 2. The number of rotatable bonds is 0. The van der Waals surface area contributed by atoms with Crippen molar-refractivity contribution in [3.8, 4) is 11.8 Å². The van der Waals surface area contributed by atoms with Gasteiger partial charge in [0.2, 0.25) is 5.56 Å². The molecule has 0 spiro atoms. The van der Waals surface area contributed by atoms with Crippen molar-refractivity contribution < 1.29 is 0 Å². The van der Waals surface area contributed by atoms with Crippen LogP contribution in [0.15, 0.2) is 23.1 Å². The predicted octanol–water partition coefficient (Wildman–Crippen LogP) is -0.315. The summed E-state index contributed by atoms with van der Waals surface area (Å²) in [7, 11) is 0. The van der Waals surface area contributed by atoms with Gasteiger partial charge in [0.05, 0.1) is 6.54 Å². The van der Waals surface area contributed by atoms with Gasteiger partial charge in [-0.15, -0.1) is 0 Å². The zero-order chi connectivity index (χ0) is 8.10. The van der Waals surface area contributed by atoms with Crippen molar-refractivity contribution in [1.29, 1.82) is 0 Å². The van der Waals surface area contributed by atoms with Gasteiger partial charge >= 0.3 is 0 Å². The molecule has 1 aromatic heterocycles. The van der Waals surface area contributed by atoms with Gasteiger partial charge in [-0.3, -0.25) is 4.79 Å². The summed E-state index contributed by atoms with van der Waals surface area (Å²) in [4.78, 5) is 13.2. The minimum atomic E-state index is -0.145. The molecule has 0 aliphatic rings. The molecule has 0 aliphatic carbocycles. The fourth-order valence-corrected chi connectivity index (χ4v) is 0.675. The van der Waals surface area contributed by atoms with Crippen LogP contribution < -0.4 is 11.3 Å². The van der Waals surface area contributed by atoms with Crippen LogP contribution in [0.5, 0.6) is 0 Å². The highest BCUT2D eigenvalue weighted by Gasteiger charge is 1.84. The second kappa shape index (κ2) is 3.59. The molecule has 0 unspecified atom stereocenters. The highest BCUT2D eigenvalue weighted by molar-refractivity contribution is 5.31. The molecule has 3 N–H and O–H groups in total. The van der Waals surface area contributed by atoms with Crippen LogP contribution in [0, 0.1) is 11.8 Å². The summed E-state index contributed by atoms with van der Waals surface area (Å²) in [5.41, 5.74) is 5.70. The maximum Gasteiger partial charge on any atom is 0.249 e. The Bertz CT molecular complexity index is 343. The van der Waals surface area contributed by atoms with E-state index in [4.69, 9.17) is 5.73 Å². The lowest BCUT2D eigenvalue weighted by Crippen LogP contribution is -2.02. The van der Waals surface area contributed by atoms with E-state index in [1.54, 1.807) is 12.3 Å². The first kappa shape index (κ1) is 7.58. The minimum absolute atomic E-state index is 0.145. The minimum Gasteiger partial charge on any atom is -0.329 e. The first-order valence-corrected chi connectivity index (χ1v) is 3.20. The maximum absolute atomic E-state index is 10.7. The Morgan fingerprint density at radius 3 is 3.09 bits per heavy atom. The van der Waals surface area contributed by atoms with Crippen LogP contribution in [0.4, 0.5) is 0 Å². The summed E-state index contributed by atoms with van der Waals surface area (Å²) >= 11 is 0. The van der Waals surface area contributed by atoms with Crippen molar-refractivity contribution in [3.63, 3.8) is 0 Å². The molecule has 11 heavy (non-hydrogen) atoms. The molecule has 1 rings (SSSR count). The van der Waals surface area contributed by atoms with E-state index in [0.29, 0.717) is 12.1 Å². The van der Waals surface area contributed by atoms with Crippen molar-refractivity contribution in [3.05, 3.63) is 34.2 Å². The van der Waals surface area contributed by atoms with Crippen LogP contribution >= 0.6 is 0 Å². The van der Waals surface area contributed by atoms with Gasteiger partial charge in [0.15, 0.2) is 0 Å². The van der Waals surface area contributed by atoms with Crippen LogP contribution in [0.25, 0.3) is 0 Å². The third-order valence-electron chi connectivity index (χ3n) is 1.11. The summed E-state index contributed by atoms with van der Waals surface area (Å²) in [5.74, 6) is 5.41. The van der Waals surface area contributed by atoms with Crippen LogP contribution in [-0.2, 0) is 0 Å². The Morgan fingerprint density at radius 2 is 2.45 bits per heavy atom. The monoisotopic (exact) mass is 148 g/mol. The molecule has 0 aliphatic heterocycles. The average Bonchev–Trinajstić information content (AvgIpc) is 2.01. The summed E-state index contributed by atoms with van der Waals surface area (Å²) in [6, 6.07) is 3.16. The van der Waals surface area contributed by atoms with Crippen molar-refractivity contribution in [2.24, 2.45) is 5.73 Å². The number of nitrogens with one attached hydrogen (secondary N) is 1. The van der Waals surface area contributed by atoms with Crippen molar-refractivity contribution in [2.75, 3.05) is 6.54 Å². The van der Waals surface area contributed by atoms with E-state index in [-0.39, 0.29) is 5.56 Å². The highest BCUT2D eigenvalue weighted by atomic mass is 16.1. The lowest BCUT2D eigenvalue weighted by Gasteiger charge is -1.85. The quantitative estimate of drug-likeness (QED) is 0.495. The third-order valence-corrected chi connectivity index (χ3v) is 1.11. The molecule has 1 heterocycles. The lowest BCUT2D eigenvalue weighted by atomic mass is 10.3. The molecule has 0 atom stereocenters. The second-order valence-electron chi connectivity index (χ2n) is 1.95. The lowest BCUT2D eigenvalue weighted by molar-refractivity contribution is 1.23. The standard InChI is InChI=1S/C8H8N2O/c9-4-1-2-7-3-5-10-8(11)6-7/h3,5-6H,4,9H2,(H,10,11). The molecule has 0 bridgehead atoms. The second-order valence-corrected chi connectivity index (χ2v) is 1.95. The van der Waals surface area contributed by atoms with Gasteiger partial charge in [-0.2, -0.15) is 0 Å². The molecule has 56 valence electrons. The third kappa shape index (κ3) is 2.28. The molecular weight excluding hydrogens is 140 g/mol. The Hall–Kier alpha value is -1.53. The van der Waals surface area contributed by atoms with Gasteiger partial charge in [-0.05, 0) is 6.07 Å². The van der Waals surface area contributed by atoms with Crippen molar-refractivity contribution in [1.82, 2.24) is 4.98 Å². The zero-order valence-electron chi connectivity index (χ0n) is 5.92. The Balaban J connectivity index is 2.97. The van der Waals surface area contributed by atoms with Crippen LogP contribution in [0.1, 0.15) is 5.56 Å². The summed E-state index contributed by atoms with van der Waals surface area (Å²) in [5, 5.41) is 0. The predicted molar refractivity (Wildman–Crippen MR) is 43.0 cm³/mol. The first-order chi connectivity index (χ1) is 5.33. The van der Waals surface area contributed by atoms with Crippen molar-refractivity contribution >= 4 is 0 Å². The molecular formula is C8H8N2O. The topological polar surface area (TPSA) is 58.9 Å². The van der Waals surface area contributed by atoms with E-state index >= 15 is 0 Å². The molecule has 0 fully saturated rings. The Kier molecular flexibility index (Phi) is 2.47. The Morgan fingerprint density at radius 1 is 1.64 bits per heavy atom. The first-order valence-electron chi connectivity index (χ1n) is 3.20. The summed E-state index contributed by atoms with van der Waals surface area (Å²) in [6.07, 6.45) is 1.56. The molecule has 0 saturated heterocycles. The van der Waals surface area contributed by atoms with E-state index in [9.17, 15) is 4.79 Å². The Labute approximate surface area is 64.2 Å². The van der Waals surface area contributed by atoms with Crippen LogP contribution in [0.2, 0.25) is 0 Å². The summed E-state index contributed by atoms with van der Waals surface area (Å²) < 4.78 is 0. The average molecular weight is 148 g/mol. The van der Waals surface area contributed by atoms with E-state index < -0.39 is 0 Å². The largest absolute Gasteiger partial charge is 0.329 e. The molecule has 0 saturated carbocycles. The van der Waals surface area contributed by atoms with E-state index in [1.807, 2.05) is 0 Å². The molecule has 0 amide bonds. The van der Waals surface area contributed by atoms with Gasteiger partial charge < -0.3 is 10.7 Å². The zero-order valence-corrected chi connectivity index (χ0v) is 5.92. The number of nitrogens with two attached hydrogens (primary N) is 1. The molecule has 0 aromatic carbocycles. The molecule has 1 aromatic rings. The van der Waals surface area contributed by atoms with Gasteiger partial charge in [-0.1, -0.05) is 11.8 Å². The van der Waals surface area contributed by atoms with Crippen molar-refractivity contribution in [2.45, 2.75) is 0 Å². The number of aromatic nitrogens is 1. The number of aromatic amines is 1. The van der Waals surface area contributed by atoms with Gasteiger partial charge in [-0.25, -0.2) is 0 Å². The van der Waals surface area contributed by atoms with Crippen LogP contribution in [0.3, 0.4) is 0 Å². The van der Waals surface area contributed by atoms with Gasteiger partial charge in [0, 0.05) is 17.8 Å². The van der Waals surface area contributed by atoms with E-state index in [0.717, 1.165) is 0 Å². The number of pyridine rings is 1. The maximum atomic E-state index is 10.7. The van der Waals surface area contributed by atoms with Gasteiger partial charge in [0.1, 0.15) is 0 Å². The van der Waals surface area contributed by atoms with E-state index in [1.165, 1.54) is 6.07 Å². The highest BCUT2D eigenvalue weighted by Crippen LogP contribution is 1.87.